The zero-order chi connectivity index (χ0) is 18.1. The minimum absolute atomic E-state index is 0.249. The van der Waals surface area contributed by atoms with Gasteiger partial charge in [-0.05, 0) is 43.7 Å². The van der Waals surface area contributed by atoms with Crippen LogP contribution in [0.4, 0.5) is 23.0 Å². The number of rotatable bonds is 4. The first-order valence-electron chi connectivity index (χ1n) is 8.12. The van der Waals surface area contributed by atoms with Crippen LogP contribution in [-0.4, -0.2) is 16.8 Å². The first-order chi connectivity index (χ1) is 12.6. The van der Waals surface area contributed by atoms with Crippen LogP contribution in [0.3, 0.4) is 0 Å². The van der Waals surface area contributed by atoms with Gasteiger partial charge in [-0.2, -0.15) is 0 Å². The van der Waals surface area contributed by atoms with E-state index in [4.69, 9.17) is 21.1 Å². The average Bonchev–Trinajstić information content (AvgIpc) is 3.05. The summed E-state index contributed by atoms with van der Waals surface area (Å²) in [5.74, 6) is 3.47. The molecular weight excluding hydrogens is 352 g/mol. The Bertz CT molecular complexity index is 978. The van der Waals surface area contributed by atoms with Crippen molar-refractivity contribution in [1.82, 2.24) is 9.97 Å². The van der Waals surface area contributed by atoms with Crippen LogP contribution < -0.4 is 20.1 Å². The van der Waals surface area contributed by atoms with E-state index in [9.17, 15) is 0 Å². The number of nitrogens with one attached hydrogen (secondary N) is 2. The quantitative estimate of drug-likeness (QED) is 0.678. The standard InChI is InChI=1S/C19H17ClN4O2/c1-11-3-4-13(7-15(11)20)23-18-9-19(22-12(2)21-18)24-14-5-6-16-17(8-14)26-10-25-16/h3-9H,10H2,1-2H3,(H2,21,22,23,24). The zero-order valence-electron chi connectivity index (χ0n) is 14.3. The summed E-state index contributed by atoms with van der Waals surface area (Å²) in [5.41, 5.74) is 2.76. The Balaban J connectivity index is 1.56. The monoisotopic (exact) mass is 368 g/mol. The van der Waals surface area contributed by atoms with Gasteiger partial charge in [-0.1, -0.05) is 17.7 Å². The van der Waals surface area contributed by atoms with E-state index in [0.29, 0.717) is 28.2 Å². The van der Waals surface area contributed by atoms with Gasteiger partial charge in [-0.15, -0.1) is 0 Å². The lowest BCUT2D eigenvalue weighted by Gasteiger charge is -2.11. The summed E-state index contributed by atoms with van der Waals surface area (Å²) in [6.45, 7) is 4.06. The molecule has 0 bridgehead atoms. The van der Waals surface area contributed by atoms with Gasteiger partial charge in [-0.3, -0.25) is 0 Å². The molecule has 2 aromatic carbocycles. The second-order valence-electron chi connectivity index (χ2n) is 5.97. The van der Waals surface area contributed by atoms with E-state index < -0.39 is 0 Å². The molecule has 0 fully saturated rings. The van der Waals surface area contributed by atoms with Crippen molar-refractivity contribution in [1.29, 1.82) is 0 Å². The van der Waals surface area contributed by atoms with Gasteiger partial charge in [0.25, 0.3) is 0 Å². The lowest BCUT2D eigenvalue weighted by atomic mass is 10.2. The number of hydrogen-bond acceptors (Lipinski definition) is 6. The van der Waals surface area contributed by atoms with E-state index in [-0.39, 0.29) is 6.79 Å². The Kier molecular flexibility index (Phi) is 4.26. The third-order valence-electron chi connectivity index (χ3n) is 3.93. The van der Waals surface area contributed by atoms with Crippen LogP contribution in [0.1, 0.15) is 11.4 Å². The van der Waals surface area contributed by atoms with Crippen molar-refractivity contribution in [3.05, 3.63) is 58.9 Å². The van der Waals surface area contributed by atoms with Crippen molar-refractivity contribution in [2.45, 2.75) is 13.8 Å². The van der Waals surface area contributed by atoms with Gasteiger partial charge in [0.05, 0.1) is 0 Å². The van der Waals surface area contributed by atoms with Crippen LogP contribution >= 0.6 is 11.6 Å². The van der Waals surface area contributed by atoms with Gasteiger partial charge in [0.2, 0.25) is 6.79 Å². The maximum Gasteiger partial charge on any atom is 0.231 e. The number of ether oxygens (including phenoxy) is 2. The molecule has 132 valence electrons. The Morgan fingerprint density at radius 2 is 1.50 bits per heavy atom. The summed E-state index contributed by atoms with van der Waals surface area (Å²) in [5, 5.41) is 7.24. The van der Waals surface area contributed by atoms with Crippen LogP contribution in [0.15, 0.2) is 42.5 Å². The van der Waals surface area contributed by atoms with Crippen LogP contribution in [0.25, 0.3) is 0 Å². The van der Waals surface area contributed by atoms with Crippen LogP contribution in [0, 0.1) is 13.8 Å². The maximum atomic E-state index is 6.19. The van der Waals surface area contributed by atoms with Crippen molar-refractivity contribution >= 4 is 34.6 Å². The molecule has 0 saturated heterocycles. The zero-order valence-corrected chi connectivity index (χ0v) is 15.1. The van der Waals surface area contributed by atoms with E-state index in [1.54, 1.807) is 0 Å². The minimum Gasteiger partial charge on any atom is -0.454 e. The summed E-state index contributed by atoms with van der Waals surface area (Å²) in [7, 11) is 0. The predicted octanol–water partition coefficient (Wildman–Crippen LogP) is 4.96. The third-order valence-corrected chi connectivity index (χ3v) is 4.33. The highest BCUT2D eigenvalue weighted by Crippen LogP contribution is 2.35. The lowest BCUT2D eigenvalue weighted by Crippen LogP contribution is -2.01. The second kappa shape index (κ2) is 6.72. The molecule has 1 aliphatic heterocycles. The fourth-order valence-electron chi connectivity index (χ4n) is 2.64. The maximum absolute atomic E-state index is 6.19. The Labute approximate surface area is 156 Å². The number of anilines is 4. The Hall–Kier alpha value is -2.99. The highest BCUT2D eigenvalue weighted by atomic mass is 35.5. The highest BCUT2D eigenvalue weighted by Gasteiger charge is 2.13. The topological polar surface area (TPSA) is 68.3 Å². The normalized spacial score (nSPS) is 12.1. The summed E-state index contributed by atoms with van der Waals surface area (Å²) in [4.78, 5) is 8.87. The number of nitrogens with zero attached hydrogens (tertiary/aromatic N) is 2. The molecule has 0 atom stereocenters. The average molecular weight is 369 g/mol. The first-order valence-corrected chi connectivity index (χ1v) is 8.50. The molecule has 0 radical (unpaired) electrons. The molecule has 7 heteroatoms. The van der Waals surface area contributed by atoms with Gasteiger partial charge in [0, 0.05) is 28.5 Å². The molecule has 0 amide bonds. The van der Waals surface area contributed by atoms with Crippen molar-refractivity contribution in [3.63, 3.8) is 0 Å². The van der Waals surface area contributed by atoms with Gasteiger partial charge >= 0.3 is 0 Å². The van der Waals surface area contributed by atoms with Crippen molar-refractivity contribution in [2.24, 2.45) is 0 Å². The molecule has 3 aromatic rings. The molecule has 4 rings (SSSR count). The van der Waals surface area contributed by atoms with Crippen molar-refractivity contribution in [3.8, 4) is 11.5 Å². The summed E-state index contributed by atoms with van der Waals surface area (Å²) < 4.78 is 10.7. The largest absolute Gasteiger partial charge is 0.454 e. The van der Waals surface area contributed by atoms with Crippen LogP contribution in [0.2, 0.25) is 5.02 Å². The molecular formula is C19H17ClN4O2. The van der Waals surface area contributed by atoms with Crippen molar-refractivity contribution in [2.75, 3.05) is 17.4 Å². The van der Waals surface area contributed by atoms with Crippen molar-refractivity contribution < 1.29 is 9.47 Å². The van der Waals surface area contributed by atoms with E-state index in [1.165, 1.54) is 0 Å². The second-order valence-corrected chi connectivity index (χ2v) is 6.37. The molecule has 26 heavy (non-hydrogen) atoms. The number of aryl methyl sites for hydroxylation is 2. The molecule has 6 nitrogen and oxygen atoms in total. The molecule has 0 unspecified atom stereocenters. The van der Waals surface area contributed by atoms with Gasteiger partial charge in [0.15, 0.2) is 11.5 Å². The lowest BCUT2D eigenvalue weighted by molar-refractivity contribution is 0.174. The SMILES string of the molecule is Cc1nc(Nc2ccc(C)c(Cl)c2)cc(Nc2ccc3c(c2)OCO3)n1. The molecule has 1 aromatic heterocycles. The molecule has 2 N–H and O–H groups in total. The predicted molar refractivity (Wildman–Crippen MR) is 102 cm³/mol. The molecule has 0 spiro atoms. The summed E-state index contributed by atoms with van der Waals surface area (Å²) in [6, 6.07) is 13.3. The molecule has 0 aliphatic carbocycles. The molecule has 2 heterocycles. The number of halogens is 1. The van der Waals surface area contributed by atoms with E-state index in [1.807, 2.05) is 56.3 Å². The van der Waals surface area contributed by atoms with E-state index in [2.05, 4.69) is 20.6 Å². The fraction of sp³-hybridized carbons (Fsp3) is 0.158. The Morgan fingerprint density at radius 3 is 2.23 bits per heavy atom. The van der Waals surface area contributed by atoms with E-state index >= 15 is 0 Å². The van der Waals surface area contributed by atoms with E-state index in [0.717, 1.165) is 22.7 Å². The number of benzene rings is 2. The molecule has 1 aliphatic rings. The first kappa shape index (κ1) is 16.5. The van der Waals surface area contributed by atoms with Crippen LogP contribution in [0.5, 0.6) is 11.5 Å². The van der Waals surface area contributed by atoms with Gasteiger partial charge in [0.1, 0.15) is 17.5 Å². The van der Waals surface area contributed by atoms with Gasteiger partial charge < -0.3 is 20.1 Å². The smallest absolute Gasteiger partial charge is 0.231 e. The Morgan fingerprint density at radius 1 is 0.846 bits per heavy atom. The molecule has 0 saturated carbocycles. The fourth-order valence-corrected chi connectivity index (χ4v) is 2.82. The number of fused-ring (bicyclic) bond motifs is 1. The minimum atomic E-state index is 0.249. The third kappa shape index (κ3) is 3.50. The summed E-state index contributed by atoms with van der Waals surface area (Å²) >= 11 is 6.19. The number of hydrogen-bond donors (Lipinski definition) is 2. The summed E-state index contributed by atoms with van der Waals surface area (Å²) in [6.07, 6.45) is 0. The van der Waals surface area contributed by atoms with Crippen LogP contribution in [-0.2, 0) is 0 Å². The highest BCUT2D eigenvalue weighted by molar-refractivity contribution is 6.31. The van der Waals surface area contributed by atoms with Gasteiger partial charge in [-0.25, -0.2) is 9.97 Å². The number of aromatic nitrogens is 2.